The van der Waals surface area contributed by atoms with Gasteiger partial charge in [0.05, 0.1) is 6.54 Å². The zero-order valence-electron chi connectivity index (χ0n) is 13.4. The Bertz CT molecular complexity index is 400. The summed E-state index contributed by atoms with van der Waals surface area (Å²) in [5.41, 5.74) is 1.32. The lowest BCUT2D eigenvalue weighted by atomic mass is 9.96. The van der Waals surface area contributed by atoms with E-state index in [1.165, 1.54) is 44.3 Å². The highest BCUT2D eigenvalue weighted by Gasteiger charge is 2.19. The molecule has 1 aromatic heterocycles. The normalized spacial score (nSPS) is 20.4. The molecule has 1 fully saturated rings. The first kappa shape index (κ1) is 15.6. The number of piperidine rings is 1. The molecular weight excluding hydrogens is 248 g/mol. The van der Waals surface area contributed by atoms with Crippen LogP contribution < -0.4 is 5.32 Å². The Hall–Kier alpha value is -0.800. The number of furan rings is 1. The third-order valence-electron chi connectivity index (χ3n) is 4.37. The molecule has 1 aliphatic heterocycles. The molecular formula is C17H30N2O. The van der Waals surface area contributed by atoms with Crippen LogP contribution in [0.5, 0.6) is 0 Å². The summed E-state index contributed by atoms with van der Waals surface area (Å²) in [5.74, 6) is 3.09. The Labute approximate surface area is 123 Å². The van der Waals surface area contributed by atoms with E-state index in [2.05, 4.69) is 37.1 Å². The van der Waals surface area contributed by atoms with E-state index in [4.69, 9.17) is 4.42 Å². The van der Waals surface area contributed by atoms with E-state index in [9.17, 15) is 0 Å². The van der Waals surface area contributed by atoms with E-state index in [0.29, 0.717) is 0 Å². The standard InChI is InChI=1S/C17H30N2O/c1-4-8-18-11-16-10-17(20-14(16)3)13-19-9-6-7-15(5-2)12-19/h10,15,18H,4-9,11-13H2,1-3H3. The zero-order valence-corrected chi connectivity index (χ0v) is 13.4. The van der Waals surface area contributed by atoms with Crippen molar-refractivity contribution in [2.24, 2.45) is 5.92 Å². The minimum absolute atomic E-state index is 0.880. The van der Waals surface area contributed by atoms with Crippen molar-refractivity contribution >= 4 is 0 Å². The van der Waals surface area contributed by atoms with Crippen molar-refractivity contribution in [2.75, 3.05) is 19.6 Å². The first-order valence-corrected chi connectivity index (χ1v) is 8.24. The molecule has 0 aliphatic carbocycles. The molecule has 20 heavy (non-hydrogen) atoms. The van der Waals surface area contributed by atoms with Gasteiger partial charge in [-0.1, -0.05) is 20.3 Å². The van der Waals surface area contributed by atoms with E-state index in [1.807, 2.05) is 0 Å². The molecule has 1 atom stereocenters. The quantitative estimate of drug-likeness (QED) is 0.771. The second kappa shape index (κ2) is 7.84. The summed E-state index contributed by atoms with van der Waals surface area (Å²) in [6, 6.07) is 2.24. The molecule has 0 aromatic carbocycles. The number of likely N-dealkylation sites (tertiary alicyclic amines) is 1. The zero-order chi connectivity index (χ0) is 14.4. The summed E-state index contributed by atoms with van der Waals surface area (Å²) in [7, 11) is 0. The van der Waals surface area contributed by atoms with E-state index in [0.717, 1.165) is 37.1 Å². The average Bonchev–Trinajstić information content (AvgIpc) is 2.79. The van der Waals surface area contributed by atoms with E-state index in [-0.39, 0.29) is 0 Å². The highest BCUT2D eigenvalue weighted by atomic mass is 16.3. The maximum atomic E-state index is 5.94. The molecule has 1 unspecified atom stereocenters. The van der Waals surface area contributed by atoms with E-state index in [1.54, 1.807) is 0 Å². The van der Waals surface area contributed by atoms with Crippen molar-refractivity contribution < 1.29 is 4.42 Å². The van der Waals surface area contributed by atoms with Crippen LogP contribution in [0.1, 0.15) is 56.6 Å². The fraction of sp³-hybridized carbons (Fsp3) is 0.765. The lowest BCUT2D eigenvalue weighted by molar-refractivity contribution is 0.154. The van der Waals surface area contributed by atoms with Gasteiger partial charge >= 0.3 is 0 Å². The second-order valence-electron chi connectivity index (χ2n) is 6.12. The molecule has 3 heteroatoms. The van der Waals surface area contributed by atoms with Gasteiger partial charge in [0, 0.05) is 18.7 Å². The minimum Gasteiger partial charge on any atom is -0.465 e. The third kappa shape index (κ3) is 4.35. The monoisotopic (exact) mass is 278 g/mol. The fourth-order valence-electron chi connectivity index (χ4n) is 3.09. The lowest BCUT2D eigenvalue weighted by Gasteiger charge is -2.31. The summed E-state index contributed by atoms with van der Waals surface area (Å²) >= 11 is 0. The van der Waals surface area contributed by atoms with Gasteiger partial charge in [-0.25, -0.2) is 0 Å². The number of hydrogen-bond donors (Lipinski definition) is 1. The van der Waals surface area contributed by atoms with Crippen LogP contribution in [-0.2, 0) is 13.1 Å². The molecule has 1 saturated heterocycles. The molecule has 0 radical (unpaired) electrons. The first-order valence-electron chi connectivity index (χ1n) is 8.24. The number of aryl methyl sites for hydroxylation is 1. The number of nitrogens with zero attached hydrogens (tertiary/aromatic N) is 1. The van der Waals surface area contributed by atoms with Crippen molar-refractivity contribution in [3.63, 3.8) is 0 Å². The van der Waals surface area contributed by atoms with Gasteiger partial charge in [0.2, 0.25) is 0 Å². The molecule has 114 valence electrons. The molecule has 2 rings (SSSR count). The fourth-order valence-corrected chi connectivity index (χ4v) is 3.09. The molecule has 1 N–H and O–H groups in total. The van der Waals surface area contributed by atoms with Crippen LogP contribution in [-0.4, -0.2) is 24.5 Å². The van der Waals surface area contributed by atoms with Crippen LogP contribution in [0, 0.1) is 12.8 Å². The molecule has 1 aromatic rings. The molecule has 1 aliphatic rings. The smallest absolute Gasteiger partial charge is 0.118 e. The molecule has 0 bridgehead atoms. The van der Waals surface area contributed by atoms with Crippen LogP contribution >= 0.6 is 0 Å². The average molecular weight is 278 g/mol. The van der Waals surface area contributed by atoms with Gasteiger partial charge in [-0.05, 0) is 51.3 Å². The highest BCUT2D eigenvalue weighted by molar-refractivity contribution is 5.20. The number of nitrogens with one attached hydrogen (secondary N) is 1. The van der Waals surface area contributed by atoms with Gasteiger partial charge in [-0.2, -0.15) is 0 Å². The van der Waals surface area contributed by atoms with Crippen LogP contribution in [0.25, 0.3) is 0 Å². The van der Waals surface area contributed by atoms with Crippen molar-refractivity contribution in [3.8, 4) is 0 Å². The van der Waals surface area contributed by atoms with Gasteiger partial charge in [-0.3, -0.25) is 4.90 Å². The minimum atomic E-state index is 0.880. The van der Waals surface area contributed by atoms with Crippen LogP contribution in [0.15, 0.2) is 10.5 Å². The Kier molecular flexibility index (Phi) is 6.11. The maximum absolute atomic E-state index is 5.94. The van der Waals surface area contributed by atoms with Crippen molar-refractivity contribution in [2.45, 2.75) is 59.5 Å². The lowest BCUT2D eigenvalue weighted by Crippen LogP contribution is -2.34. The third-order valence-corrected chi connectivity index (χ3v) is 4.37. The first-order chi connectivity index (χ1) is 9.72. The van der Waals surface area contributed by atoms with Crippen molar-refractivity contribution in [3.05, 3.63) is 23.2 Å². The molecule has 0 saturated carbocycles. The van der Waals surface area contributed by atoms with E-state index < -0.39 is 0 Å². The van der Waals surface area contributed by atoms with Crippen molar-refractivity contribution in [1.29, 1.82) is 0 Å². The summed E-state index contributed by atoms with van der Waals surface area (Å²) in [6.07, 6.45) is 5.22. The Balaban J connectivity index is 1.87. The summed E-state index contributed by atoms with van der Waals surface area (Å²) in [6.45, 7) is 12.0. The van der Waals surface area contributed by atoms with Crippen molar-refractivity contribution in [1.82, 2.24) is 10.2 Å². The van der Waals surface area contributed by atoms with Gasteiger partial charge < -0.3 is 9.73 Å². The second-order valence-corrected chi connectivity index (χ2v) is 6.12. The summed E-state index contributed by atoms with van der Waals surface area (Å²) in [4.78, 5) is 2.55. The predicted octanol–water partition coefficient (Wildman–Crippen LogP) is 3.71. The molecule has 3 nitrogen and oxygen atoms in total. The SMILES string of the molecule is CCCNCc1cc(CN2CCCC(CC)C2)oc1C. The Morgan fingerprint density at radius 1 is 1.40 bits per heavy atom. The maximum Gasteiger partial charge on any atom is 0.118 e. The van der Waals surface area contributed by atoms with Gasteiger partial charge in [-0.15, -0.1) is 0 Å². The van der Waals surface area contributed by atoms with Crippen LogP contribution in [0.3, 0.4) is 0 Å². The largest absolute Gasteiger partial charge is 0.465 e. The molecule has 2 heterocycles. The summed E-state index contributed by atoms with van der Waals surface area (Å²) in [5, 5.41) is 3.45. The van der Waals surface area contributed by atoms with Crippen LogP contribution in [0.2, 0.25) is 0 Å². The Morgan fingerprint density at radius 3 is 3.00 bits per heavy atom. The molecule has 0 amide bonds. The van der Waals surface area contributed by atoms with Gasteiger partial charge in [0.15, 0.2) is 0 Å². The van der Waals surface area contributed by atoms with Gasteiger partial charge in [0.1, 0.15) is 11.5 Å². The topological polar surface area (TPSA) is 28.4 Å². The van der Waals surface area contributed by atoms with Crippen LogP contribution in [0.4, 0.5) is 0 Å². The predicted molar refractivity (Wildman–Crippen MR) is 83.7 cm³/mol. The van der Waals surface area contributed by atoms with E-state index >= 15 is 0 Å². The number of hydrogen-bond acceptors (Lipinski definition) is 3. The molecule has 0 spiro atoms. The highest BCUT2D eigenvalue weighted by Crippen LogP contribution is 2.22. The number of rotatable bonds is 7. The Morgan fingerprint density at radius 2 is 2.25 bits per heavy atom. The van der Waals surface area contributed by atoms with Gasteiger partial charge in [0.25, 0.3) is 0 Å². The summed E-state index contributed by atoms with van der Waals surface area (Å²) < 4.78 is 5.94.